The summed E-state index contributed by atoms with van der Waals surface area (Å²) in [6.45, 7) is 5.97. The van der Waals surface area contributed by atoms with Crippen molar-refractivity contribution < 1.29 is 0 Å². The van der Waals surface area contributed by atoms with E-state index in [0.29, 0.717) is 0 Å². The highest BCUT2D eigenvalue weighted by Gasteiger charge is 1.95. The van der Waals surface area contributed by atoms with Crippen LogP contribution in [0.5, 0.6) is 0 Å². The number of hydrogen-bond donors (Lipinski definition) is 0. The van der Waals surface area contributed by atoms with Crippen LogP contribution in [-0.2, 0) is 0 Å². The highest BCUT2D eigenvalue weighted by molar-refractivity contribution is 5.08. The van der Waals surface area contributed by atoms with Crippen molar-refractivity contribution >= 4 is 0 Å². The van der Waals surface area contributed by atoms with Crippen LogP contribution < -0.4 is 0 Å². The van der Waals surface area contributed by atoms with E-state index in [9.17, 15) is 0 Å². The van der Waals surface area contributed by atoms with E-state index < -0.39 is 0 Å². The minimum Gasteiger partial charge on any atom is -0.0991 e. The fraction of sp³-hybridized carbons (Fsp3) is 0.800. The topological polar surface area (TPSA) is 0 Å². The van der Waals surface area contributed by atoms with Gasteiger partial charge < -0.3 is 0 Å². The van der Waals surface area contributed by atoms with Crippen molar-refractivity contribution in [3.05, 3.63) is 37.0 Å². The lowest BCUT2D eigenvalue weighted by atomic mass is 10.0. The summed E-state index contributed by atoms with van der Waals surface area (Å²) in [5.41, 5.74) is 0. The number of rotatable bonds is 25. The quantitative estimate of drug-likeness (QED) is 0.102. The van der Waals surface area contributed by atoms with E-state index in [2.05, 4.69) is 31.7 Å². The third-order valence-corrected chi connectivity index (χ3v) is 6.22. The highest BCUT2D eigenvalue weighted by atomic mass is 14.0. The molecule has 0 aromatic carbocycles. The van der Waals surface area contributed by atoms with Crippen LogP contribution >= 0.6 is 0 Å². The zero-order valence-electron chi connectivity index (χ0n) is 20.9. The second-order valence-electron chi connectivity index (χ2n) is 9.26. The van der Waals surface area contributed by atoms with E-state index in [0.717, 1.165) is 0 Å². The summed E-state index contributed by atoms with van der Waals surface area (Å²) in [5.74, 6) is 0. The van der Waals surface area contributed by atoms with E-state index in [-0.39, 0.29) is 0 Å². The van der Waals surface area contributed by atoms with E-state index in [4.69, 9.17) is 0 Å². The molecule has 0 fully saturated rings. The zero-order chi connectivity index (χ0) is 21.8. The van der Waals surface area contributed by atoms with Crippen LogP contribution in [0.15, 0.2) is 37.0 Å². The van der Waals surface area contributed by atoms with Gasteiger partial charge in [-0.15, -0.1) is 0 Å². The number of allylic oxidation sites excluding steroid dienone is 5. The first-order valence-corrected chi connectivity index (χ1v) is 13.9. The van der Waals surface area contributed by atoms with Gasteiger partial charge >= 0.3 is 0 Å². The largest absolute Gasteiger partial charge is 0.0991 e. The smallest absolute Gasteiger partial charge is 0.0348 e. The molecule has 176 valence electrons. The minimum atomic E-state index is 1.22. The first-order valence-electron chi connectivity index (χ1n) is 13.9. The van der Waals surface area contributed by atoms with Crippen LogP contribution in [0.4, 0.5) is 0 Å². The summed E-state index contributed by atoms with van der Waals surface area (Å²) >= 11 is 0. The van der Waals surface area contributed by atoms with Gasteiger partial charge in [0, 0.05) is 0 Å². The maximum Gasteiger partial charge on any atom is -0.0348 e. The molecular formula is C30H56. The Morgan fingerprint density at radius 3 is 1.07 bits per heavy atom. The van der Waals surface area contributed by atoms with Gasteiger partial charge in [0.1, 0.15) is 0 Å². The molecule has 0 radical (unpaired) electrons. The second-order valence-corrected chi connectivity index (χ2v) is 9.26. The fourth-order valence-corrected chi connectivity index (χ4v) is 4.19. The molecule has 0 aliphatic heterocycles. The summed E-state index contributed by atoms with van der Waals surface area (Å²) in [6, 6.07) is 0. The average molecular weight is 417 g/mol. The van der Waals surface area contributed by atoms with E-state index in [1.54, 1.807) is 0 Å². The summed E-state index contributed by atoms with van der Waals surface area (Å²) in [5, 5.41) is 0. The Hall–Kier alpha value is -0.780. The lowest BCUT2D eigenvalue weighted by molar-refractivity contribution is 0.519. The normalized spacial score (nSPS) is 11.8. The van der Waals surface area contributed by atoms with Crippen molar-refractivity contribution in [1.29, 1.82) is 0 Å². The maximum atomic E-state index is 3.67. The molecule has 0 aromatic rings. The van der Waals surface area contributed by atoms with Gasteiger partial charge in [-0.2, -0.15) is 0 Å². The zero-order valence-corrected chi connectivity index (χ0v) is 20.9. The van der Waals surface area contributed by atoms with Crippen LogP contribution in [-0.4, -0.2) is 0 Å². The third-order valence-electron chi connectivity index (χ3n) is 6.22. The van der Waals surface area contributed by atoms with Gasteiger partial charge in [-0.1, -0.05) is 179 Å². The Bertz CT molecular complexity index is 362. The second kappa shape index (κ2) is 28.2. The Morgan fingerprint density at radius 1 is 0.400 bits per heavy atom. The summed E-state index contributed by atoms with van der Waals surface area (Å²) < 4.78 is 0. The van der Waals surface area contributed by atoms with E-state index in [1.807, 2.05) is 12.2 Å². The Morgan fingerprint density at radius 2 is 0.733 bits per heavy atom. The molecule has 30 heavy (non-hydrogen) atoms. The van der Waals surface area contributed by atoms with Crippen molar-refractivity contribution in [2.75, 3.05) is 0 Å². The molecule has 0 rings (SSSR count). The Balaban J connectivity index is 3.04. The molecule has 0 aliphatic rings. The van der Waals surface area contributed by atoms with E-state index >= 15 is 0 Å². The first kappa shape index (κ1) is 29.2. The molecule has 0 N–H and O–H groups in total. The molecule has 0 nitrogen and oxygen atoms in total. The fourth-order valence-electron chi connectivity index (χ4n) is 4.19. The van der Waals surface area contributed by atoms with Gasteiger partial charge in [0.2, 0.25) is 0 Å². The molecule has 0 aliphatic carbocycles. The van der Waals surface area contributed by atoms with Gasteiger partial charge in [-0.25, -0.2) is 0 Å². The van der Waals surface area contributed by atoms with Gasteiger partial charge in [-0.05, 0) is 12.8 Å². The molecule has 0 unspecified atom stereocenters. The standard InChI is InChI=1S/C30H56/c1-3-5-7-9-11-13-15-17-19-21-23-25-27-29-30-28-26-24-22-20-18-16-14-12-10-8-6-4-2/h3,5,7,9,11H,1,4,6,8,10,12-30H2,2H3/b7-5+,11-9+. The molecule has 0 aromatic heterocycles. The molecule has 0 heteroatoms. The SMILES string of the molecule is C=C/C=C/C=C/CCCCCCCCCCCCCCCCCCCCCCCC. The van der Waals surface area contributed by atoms with Crippen molar-refractivity contribution in [2.24, 2.45) is 0 Å². The molecule has 0 spiro atoms. The average Bonchev–Trinajstić information content (AvgIpc) is 2.76. The van der Waals surface area contributed by atoms with Crippen LogP contribution in [0, 0.1) is 0 Å². The lowest BCUT2D eigenvalue weighted by Crippen LogP contribution is -1.84. The van der Waals surface area contributed by atoms with Crippen molar-refractivity contribution in [2.45, 2.75) is 155 Å². The minimum absolute atomic E-state index is 1.22. The molecule has 0 atom stereocenters. The molecule has 0 saturated carbocycles. The highest BCUT2D eigenvalue weighted by Crippen LogP contribution is 2.15. The van der Waals surface area contributed by atoms with Gasteiger partial charge in [0.05, 0.1) is 0 Å². The van der Waals surface area contributed by atoms with Crippen LogP contribution in [0.3, 0.4) is 0 Å². The third kappa shape index (κ3) is 27.2. The van der Waals surface area contributed by atoms with Crippen LogP contribution in [0.25, 0.3) is 0 Å². The summed E-state index contributed by atoms with van der Waals surface area (Å²) in [7, 11) is 0. The lowest BCUT2D eigenvalue weighted by Gasteiger charge is -2.04. The Labute approximate surface area is 191 Å². The predicted molar refractivity (Wildman–Crippen MR) is 140 cm³/mol. The van der Waals surface area contributed by atoms with Gasteiger partial charge in [0.15, 0.2) is 0 Å². The van der Waals surface area contributed by atoms with Crippen molar-refractivity contribution in [1.82, 2.24) is 0 Å². The van der Waals surface area contributed by atoms with Gasteiger partial charge in [-0.3, -0.25) is 0 Å². The van der Waals surface area contributed by atoms with Crippen molar-refractivity contribution in [3.8, 4) is 0 Å². The molecule has 0 saturated heterocycles. The molecule has 0 heterocycles. The Kier molecular flexibility index (Phi) is 27.5. The number of hydrogen-bond acceptors (Lipinski definition) is 0. The summed E-state index contributed by atoms with van der Waals surface area (Å²) in [4.78, 5) is 0. The molecular weight excluding hydrogens is 360 g/mol. The molecule has 0 bridgehead atoms. The predicted octanol–water partition coefficient (Wildman–Crippen LogP) is 11.3. The first-order chi connectivity index (χ1) is 14.9. The maximum absolute atomic E-state index is 3.67. The van der Waals surface area contributed by atoms with Crippen LogP contribution in [0.2, 0.25) is 0 Å². The number of unbranched alkanes of at least 4 members (excludes halogenated alkanes) is 22. The van der Waals surface area contributed by atoms with Gasteiger partial charge in [0.25, 0.3) is 0 Å². The van der Waals surface area contributed by atoms with E-state index in [1.165, 1.54) is 148 Å². The monoisotopic (exact) mass is 416 g/mol. The van der Waals surface area contributed by atoms with Crippen molar-refractivity contribution in [3.63, 3.8) is 0 Å². The summed E-state index contributed by atoms with van der Waals surface area (Å²) in [6.07, 6.45) is 43.5. The van der Waals surface area contributed by atoms with Crippen LogP contribution in [0.1, 0.15) is 155 Å². The molecule has 0 amide bonds.